The Labute approximate surface area is 151 Å². The number of rotatable bonds is 3. The van der Waals surface area contributed by atoms with Gasteiger partial charge in [-0.15, -0.1) is 0 Å². The molecule has 4 rings (SSSR count). The molecule has 0 bridgehead atoms. The fourth-order valence-corrected chi connectivity index (χ4v) is 3.64. The molecule has 0 unspecified atom stereocenters. The van der Waals surface area contributed by atoms with Gasteiger partial charge in [-0.3, -0.25) is 4.79 Å². The van der Waals surface area contributed by atoms with Gasteiger partial charge in [0.25, 0.3) is 5.91 Å². The first-order valence-electron chi connectivity index (χ1n) is 8.92. The number of halogens is 1. The maximum Gasteiger partial charge on any atom is 0.259 e. The molecule has 26 heavy (non-hydrogen) atoms. The van der Waals surface area contributed by atoms with Crippen LogP contribution >= 0.6 is 0 Å². The van der Waals surface area contributed by atoms with Crippen molar-refractivity contribution in [2.24, 2.45) is 0 Å². The van der Waals surface area contributed by atoms with Crippen molar-refractivity contribution < 1.29 is 9.18 Å². The van der Waals surface area contributed by atoms with Crippen molar-refractivity contribution in [1.29, 1.82) is 0 Å². The van der Waals surface area contributed by atoms with Crippen molar-refractivity contribution in [3.63, 3.8) is 0 Å². The molecule has 5 nitrogen and oxygen atoms in total. The molecule has 1 amide bonds. The van der Waals surface area contributed by atoms with Gasteiger partial charge in [-0.2, -0.15) is 5.10 Å². The Kier molecular flexibility index (Phi) is 4.18. The summed E-state index contributed by atoms with van der Waals surface area (Å²) in [6, 6.07) is 6.76. The Hall–Kier alpha value is -2.76. The van der Waals surface area contributed by atoms with E-state index in [0.717, 1.165) is 42.9 Å². The summed E-state index contributed by atoms with van der Waals surface area (Å²) in [6.45, 7) is 5.42. The molecule has 0 radical (unpaired) electrons. The summed E-state index contributed by atoms with van der Waals surface area (Å²) in [6.07, 6.45) is 4.14. The summed E-state index contributed by atoms with van der Waals surface area (Å²) in [5, 5.41) is 4.39. The summed E-state index contributed by atoms with van der Waals surface area (Å²) in [5.74, 6) is -0.234. The summed E-state index contributed by atoms with van der Waals surface area (Å²) < 4.78 is 15.7. The Morgan fingerprint density at radius 2 is 1.92 bits per heavy atom. The predicted molar refractivity (Wildman–Crippen MR) is 96.8 cm³/mol. The number of hydrogen-bond donors (Lipinski definition) is 0. The van der Waals surface area contributed by atoms with E-state index in [4.69, 9.17) is 0 Å². The molecule has 0 spiro atoms. The van der Waals surface area contributed by atoms with E-state index in [0.29, 0.717) is 23.2 Å². The minimum atomic E-state index is -0.225. The van der Waals surface area contributed by atoms with Crippen molar-refractivity contribution in [2.75, 3.05) is 13.1 Å². The zero-order valence-electron chi connectivity index (χ0n) is 15.0. The van der Waals surface area contributed by atoms with Gasteiger partial charge in [0.15, 0.2) is 5.65 Å². The third-order valence-corrected chi connectivity index (χ3v) is 5.16. The number of aryl methyl sites for hydroxylation is 2. The van der Waals surface area contributed by atoms with Gasteiger partial charge in [0, 0.05) is 30.9 Å². The van der Waals surface area contributed by atoms with Gasteiger partial charge in [0.2, 0.25) is 0 Å². The van der Waals surface area contributed by atoms with Crippen LogP contribution in [0.4, 0.5) is 4.39 Å². The normalized spacial score (nSPS) is 14.3. The minimum absolute atomic E-state index is 0.00865. The number of carbonyl (C=O) groups is 1. The van der Waals surface area contributed by atoms with E-state index in [1.807, 2.05) is 24.8 Å². The van der Waals surface area contributed by atoms with E-state index in [9.17, 15) is 9.18 Å². The Morgan fingerprint density at radius 3 is 2.65 bits per heavy atom. The summed E-state index contributed by atoms with van der Waals surface area (Å²) >= 11 is 0. The van der Waals surface area contributed by atoms with Crippen LogP contribution < -0.4 is 0 Å². The molecule has 3 heterocycles. The van der Waals surface area contributed by atoms with Gasteiger partial charge >= 0.3 is 0 Å². The van der Waals surface area contributed by atoms with Crippen LogP contribution in [0.2, 0.25) is 0 Å². The van der Waals surface area contributed by atoms with Crippen molar-refractivity contribution >= 4 is 11.6 Å². The van der Waals surface area contributed by atoms with Crippen LogP contribution in [0.5, 0.6) is 0 Å². The van der Waals surface area contributed by atoms with Crippen LogP contribution in [0.1, 0.15) is 45.7 Å². The van der Waals surface area contributed by atoms with E-state index < -0.39 is 0 Å². The molecule has 3 aromatic rings. The first kappa shape index (κ1) is 16.7. The lowest BCUT2D eigenvalue weighted by atomic mass is 10.0. The summed E-state index contributed by atoms with van der Waals surface area (Å²) in [7, 11) is 0. The molecular formula is C20H21FN4O. The van der Waals surface area contributed by atoms with E-state index in [-0.39, 0.29) is 11.7 Å². The highest BCUT2D eigenvalue weighted by atomic mass is 19.1. The van der Waals surface area contributed by atoms with E-state index >= 15 is 0 Å². The predicted octanol–water partition coefficient (Wildman–Crippen LogP) is 3.31. The topological polar surface area (TPSA) is 50.5 Å². The summed E-state index contributed by atoms with van der Waals surface area (Å²) in [5.41, 5.74) is 4.36. The molecule has 6 heteroatoms. The van der Waals surface area contributed by atoms with E-state index in [2.05, 4.69) is 10.1 Å². The molecule has 1 aliphatic rings. The maximum absolute atomic E-state index is 14.0. The number of hydrogen-bond acceptors (Lipinski definition) is 3. The van der Waals surface area contributed by atoms with Crippen molar-refractivity contribution in [3.05, 3.63) is 64.4 Å². The van der Waals surface area contributed by atoms with Gasteiger partial charge in [-0.1, -0.05) is 18.2 Å². The lowest BCUT2D eigenvalue weighted by Crippen LogP contribution is -2.27. The quantitative estimate of drug-likeness (QED) is 0.727. The molecule has 0 aliphatic carbocycles. The Balaban J connectivity index is 1.76. The lowest BCUT2D eigenvalue weighted by Gasteiger charge is -2.15. The van der Waals surface area contributed by atoms with Gasteiger partial charge in [-0.05, 0) is 43.9 Å². The second-order valence-corrected chi connectivity index (χ2v) is 6.82. The zero-order valence-corrected chi connectivity index (χ0v) is 15.0. The summed E-state index contributed by atoms with van der Waals surface area (Å²) in [4.78, 5) is 19.3. The second-order valence-electron chi connectivity index (χ2n) is 6.82. The van der Waals surface area contributed by atoms with Crippen LogP contribution in [0, 0.1) is 19.7 Å². The zero-order chi connectivity index (χ0) is 18.3. The molecule has 0 atom stereocenters. The number of carbonyl (C=O) groups excluding carboxylic acids is 1. The average Bonchev–Trinajstić information content (AvgIpc) is 3.29. The number of likely N-dealkylation sites (tertiary alicyclic amines) is 1. The van der Waals surface area contributed by atoms with Crippen molar-refractivity contribution in [1.82, 2.24) is 19.5 Å². The number of aromatic nitrogens is 3. The number of benzene rings is 1. The highest BCUT2D eigenvalue weighted by molar-refractivity contribution is 5.99. The Bertz CT molecular complexity index is 989. The van der Waals surface area contributed by atoms with Gasteiger partial charge < -0.3 is 4.90 Å². The monoisotopic (exact) mass is 352 g/mol. The SMILES string of the molecule is Cc1nc2c(C(=O)N3CCCC3)cnn2c(C)c1Cc1ccccc1F. The second kappa shape index (κ2) is 6.52. The number of amides is 1. The van der Waals surface area contributed by atoms with Crippen LogP contribution in [-0.4, -0.2) is 38.5 Å². The number of fused-ring (bicyclic) bond motifs is 1. The first-order chi connectivity index (χ1) is 12.6. The molecular weight excluding hydrogens is 331 g/mol. The average molecular weight is 352 g/mol. The van der Waals surface area contributed by atoms with Gasteiger partial charge in [0.05, 0.1) is 6.20 Å². The maximum atomic E-state index is 14.0. The molecule has 2 aromatic heterocycles. The molecule has 1 aliphatic heterocycles. The van der Waals surface area contributed by atoms with Crippen LogP contribution in [0.3, 0.4) is 0 Å². The fraction of sp³-hybridized carbons (Fsp3) is 0.350. The Morgan fingerprint density at radius 1 is 1.19 bits per heavy atom. The molecule has 1 fully saturated rings. The van der Waals surface area contributed by atoms with Crippen LogP contribution in [0.25, 0.3) is 5.65 Å². The van der Waals surface area contributed by atoms with E-state index in [1.54, 1.807) is 22.8 Å². The van der Waals surface area contributed by atoms with Crippen LogP contribution in [0.15, 0.2) is 30.5 Å². The van der Waals surface area contributed by atoms with Crippen LogP contribution in [-0.2, 0) is 6.42 Å². The van der Waals surface area contributed by atoms with Gasteiger partial charge in [0.1, 0.15) is 11.4 Å². The van der Waals surface area contributed by atoms with Crippen molar-refractivity contribution in [2.45, 2.75) is 33.1 Å². The fourth-order valence-electron chi connectivity index (χ4n) is 3.64. The molecule has 0 N–H and O–H groups in total. The van der Waals surface area contributed by atoms with Crippen molar-refractivity contribution in [3.8, 4) is 0 Å². The molecule has 0 saturated carbocycles. The first-order valence-corrected chi connectivity index (χ1v) is 8.92. The minimum Gasteiger partial charge on any atom is -0.338 e. The molecule has 1 saturated heterocycles. The van der Waals surface area contributed by atoms with Gasteiger partial charge in [-0.25, -0.2) is 13.9 Å². The lowest BCUT2D eigenvalue weighted by molar-refractivity contribution is 0.0794. The highest BCUT2D eigenvalue weighted by Crippen LogP contribution is 2.23. The number of nitrogens with zero attached hydrogens (tertiary/aromatic N) is 4. The third-order valence-electron chi connectivity index (χ3n) is 5.16. The molecule has 1 aromatic carbocycles. The standard InChI is InChI=1S/C20H21FN4O/c1-13-16(11-15-7-3-4-8-18(15)21)14(2)25-19(23-13)17(12-22-25)20(26)24-9-5-6-10-24/h3-4,7-8,12H,5-6,9-11H2,1-2H3. The molecule has 134 valence electrons. The third kappa shape index (κ3) is 2.75. The smallest absolute Gasteiger partial charge is 0.259 e. The largest absolute Gasteiger partial charge is 0.338 e. The van der Waals surface area contributed by atoms with E-state index in [1.165, 1.54) is 6.07 Å². The highest BCUT2D eigenvalue weighted by Gasteiger charge is 2.24.